The molecule has 0 saturated carbocycles. The van der Waals surface area contributed by atoms with Gasteiger partial charge in [0.2, 0.25) is 0 Å². The minimum Gasteiger partial charge on any atom is -0.496 e. The molecule has 136 valence electrons. The molecular formula is C19H20N2O3S2. The summed E-state index contributed by atoms with van der Waals surface area (Å²) in [5.74, 6) is 1.28. The number of aromatic nitrogens is 2. The number of thiophene rings is 1. The van der Waals surface area contributed by atoms with Crippen LogP contribution in [0.3, 0.4) is 0 Å². The Kier molecular flexibility index (Phi) is 5.20. The van der Waals surface area contributed by atoms with E-state index in [1.165, 1.54) is 11.8 Å². The molecule has 0 bridgehead atoms. The van der Waals surface area contributed by atoms with Crippen LogP contribution in [0.1, 0.15) is 33.3 Å². The molecule has 0 aliphatic heterocycles. The zero-order valence-electron chi connectivity index (χ0n) is 15.4. The molecule has 2 aromatic heterocycles. The summed E-state index contributed by atoms with van der Waals surface area (Å²) in [6.07, 6.45) is 0. The molecule has 7 heteroatoms. The number of carbonyl (C=O) groups is 1. The number of methoxy groups -OCH3 is 1. The highest BCUT2D eigenvalue weighted by molar-refractivity contribution is 7.98. The fourth-order valence-corrected chi connectivity index (χ4v) is 4.76. The Balaban J connectivity index is 1.98. The number of nitrogens with zero attached hydrogens (tertiary/aromatic N) is 2. The molecule has 0 spiro atoms. The quantitative estimate of drug-likeness (QED) is 0.374. The average molecular weight is 389 g/mol. The van der Waals surface area contributed by atoms with Crippen molar-refractivity contribution in [1.82, 2.24) is 9.55 Å². The van der Waals surface area contributed by atoms with Crippen molar-refractivity contribution >= 4 is 39.1 Å². The molecular weight excluding hydrogens is 368 g/mol. The van der Waals surface area contributed by atoms with E-state index < -0.39 is 0 Å². The highest BCUT2D eigenvalue weighted by Gasteiger charge is 2.16. The number of benzene rings is 1. The molecule has 0 aliphatic rings. The summed E-state index contributed by atoms with van der Waals surface area (Å²) in [7, 11) is 3.35. The maximum atomic E-state index is 12.7. The number of thioether (sulfide) groups is 1. The van der Waals surface area contributed by atoms with Gasteiger partial charge in [-0.2, -0.15) is 0 Å². The van der Waals surface area contributed by atoms with E-state index in [4.69, 9.17) is 4.74 Å². The maximum absolute atomic E-state index is 12.7. The van der Waals surface area contributed by atoms with Crippen LogP contribution in [0.4, 0.5) is 0 Å². The summed E-state index contributed by atoms with van der Waals surface area (Å²) < 4.78 is 6.99. The molecule has 1 aromatic carbocycles. The number of hydrogen-bond acceptors (Lipinski definition) is 6. The molecule has 2 heterocycles. The van der Waals surface area contributed by atoms with Gasteiger partial charge in [-0.3, -0.25) is 14.2 Å². The van der Waals surface area contributed by atoms with Crippen LogP contribution in [0.5, 0.6) is 5.75 Å². The molecule has 0 N–H and O–H groups in total. The molecule has 26 heavy (non-hydrogen) atoms. The molecule has 0 atom stereocenters. The summed E-state index contributed by atoms with van der Waals surface area (Å²) >= 11 is 3.01. The Morgan fingerprint density at radius 3 is 2.73 bits per heavy atom. The second kappa shape index (κ2) is 7.25. The third-order valence-electron chi connectivity index (χ3n) is 4.41. The van der Waals surface area contributed by atoms with Gasteiger partial charge in [0.25, 0.3) is 5.56 Å². The Bertz CT molecular complexity index is 1070. The van der Waals surface area contributed by atoms with Crippen LogP contribution in [0, 0.1) is 13.8 Å². The first-order valence-electron chi connectivity index (χ1n) is 8.10. The van der Waals surface area contributed by atoms with Crippen molar-refractivity contribution in [2.75, 3.05) is 7.11 Å². The number of hydrogen-bond donors (Lipinski definition) is 0. The zero-order chi connectivity index (χ0) is 19.0. The Morgan fingerprint density at radius 2 is 2.08 bits per heavy atom. The Morgan fingerprint density at radius 1 is 1.35 bits per heavy atom. The van der Waals surface area contributed by atoms with Crippen molar-refractivity contribution in [3.8, 4) is 5.75 Å². The van der Waals surface area contributed by atoms with E-state index in [0.29, 0.717) is 21.9 Å². The fourth-order valence-electron chi connectivity index (χ4n) is 2.74. The highest BCUT2D eigenvalue weighted by atomic mass is 32.2. The van der Waals surface area contributed by atoms with Crippen LogP contribution >= 0.6 is 23.1 Å². The predicted molar refractivity (Wildman–Crippen MR) is 107 cm³/mol. The molecule has 5 nitrogen and oxygen atoms in total. The van der Waals surface area contributed by atoms with Gasteiger partial charge in [0.1, 0.15) is 10.6 Å². The fraction of sp³-hybridized carbons (Fsp3) is 0.316. The second-order valence-electron chi connectivity index (χ2n) is 6.09. The van der Waals surface area contributed by atoms with E-state index in [1.54, 1.807) is 49.1 Å². The maximum Gasteiger partial charge on any atom is 0.262 e. The van der Waals surface area contributed by atoms with Crippen LogP contribution in [-0.4, -0.2) is 22.4 Å². The van der Waals surface area contributed by atoms with Gasteiger partial charge in [0.15, 0.2) is 10.9 Å². The molecule has 3 rings (SSSR count). The van der Waals surface area contributed by atoms with E-state index in [2.05, 4.69) is 4.98 Å². The Labute approximate surface area is 160 Å². The lowest BCUT2D eigenvalue weighted by atomic mass is 10.1. The number of aryl methyl sites for hydroxylation is 2. The first-order valence-corrected chi connectivity index (χ1v) is 9.91. The predicted octanol–water partition coefficient (Wildman–Crippen LogP) is 4.12. The molecule has 0 aliphatic carbocycles. The lowest BCUT2D eigenvalue weighted by molar-refractivity contribution is 0.101. The minimum atomic E-state index is -0.0243. The topological polar surface area (TPSA) is 61.2 Å². The van der Waals surface area contributed by atoms with Crippen molar-refractivity contribution in [2.24, 2.45) is 7.05 Å². The van der Waals surface area contributed by atoms with Crippen molar-refractivity contribution in [2.45, 2.75) is 31.7 Å². The number of Topliss-reactive ketones (excluding diaryl/α,β-unsaturated/α-hetero) is 1. The molecule has 0 fully saturated rings. The SMILES string of the molecule is COc1ccc(C(C)=O)cc1CSc1nc2sc(C)c(C)c2c(=O)n1C. The summed E-state index contributed by atoms with van der Waals surface area (Å²) in [6, 6.07) is 5.39. The third kappa shape index (κ3) is 3.29. The van der Waals surface area contributed by atoms with Crippen LogP contribution < -0.4 is 10.3 Å². The number of carbonyl (C=O) groups excluding carboxylic acids is 1. The number of ether oxygens (including phenoxy) is 1. The van der Waals surface area contributed by atoms with Gasteiger partial charge in [-0.05, 0) is 44.5 Å². The first kappa shape index (κ1) is 18.7. The molecule has 0 saturated heterocycles. The average Bonchev–Trinajstić information content (AvgIpc) is 2.90. The third-order valence-corrected chi connectivity index (χ3v) is 6.59. The summed E-state index contributed by atoms with van der Waals surface area (Å²) in [5, 5.41) is 1.36. The Hall–Kier alpha value is -2.12. The van der Waals surface area contributed by atoms with E-state index >= 15 is 0 Å². The van der Waals surface area contributed by atoms with Gasteiger partial charge in [-0.1, -0.05) is 11.8 Å². The van der Waals surface area contributed by atoms with Crippen LogP contribution in [0.15, 0.2) is 28.2 Å². The summed E-state index contributed by atoms with van der Waals surface area (Å²) in [6.45, 7) is 5.51. The first-order chi connectivity index (χ1) is 12.3. The van der Waals surface area contributed by atoms with Gasteiger partial charge in [0.05, 0.1) is 12.5 Å². The lowest BCUT2D eigenvalue weighted by Crippen LogP contribution is -2.19. The van der Waals surface area contributed by atoms with Crippen molar-refractivity contribution in [3.63, 3.8) is 0 Å². The number of fused-ring (bicyclic) bond motifs is 1. The number of rotatable bonds is 5. The standard InChI is InChI=1S/C19H20N2O3S2/c1-10-12(3)26-17-16(10)18(23)21(4)19(20-17)25-9-14-8-13(11(2)22)6-7-15(14)24-5/h6-8H,9H2,1-5H3. The summed E-state index contributed by atoms with van der Waals surface area (Å²) in [4.78, 5) is 30.9. The minimum absolute atomic E-state index is 0.00961. The van der Waals surface area contributed by atoms with Gasteiger partial charge in [0, 0.05) is 28.8 Å². The lowest BCUT2D eigenvalue weighted by Gasteiger charge is -2.11. The summed E-state index contributed by atoms with van der Waals surface area (Å²) in [5.41, 5.74) is 2.52. The van der Waals surface area contributed by atoms with Crippen LogP contribution in [-0.2, 0) is 12.8 Å². The largest absolute Gasteiger partial charge is 0.496 e. The van der Waals surface area contributed by atoms with Gasteiger partial charge >= 0.3 is 0 Å². The van der Waals surface area contributed by atoms with Crippen LogP contribution in [0.25, 0.3) is 10.2 Å². The smallest absolute Gasteiger partial charge is 0.262 e. The number of ketones is 1. The van der Waals surface area contributed by atoms with E-state index in [1.807, 2.05) is 19.9 Å². The molecule has 0 amide bonds. The normalized spacial score (nSPS) is 11.1. The van der Waals surface area contributed by atoms with E-state index in [9.17, 15) is 9.59 Å². The van der Waals surface area contributed by atoms with Crippen molar-refractivity contribution in [1.29, 1.82) is 0 Å². The van der Waals surface area contributed by atoms with E-state index in [-0.39, 0.29) is 11.3 Å². The van der Waals surface area contributed by atoms with Gasteiger partial charge in [-0.25, -0.2) is 4.98 Å². The van der Waals surface area contributed by atoms with Crippen molar-refractivity contribution in [3.05, 3.63) is 50.1 Å². The van der Waals surface area contributed by atoms with Crippen molar-refractivity contribution < 1.29 is 9.53 Å². The van der Waals surface area contributed by atoms with E-state index in [0.717, 1.165) is 26.6 Å². The zero-order valence-corrected chi connectivity index (χ0v) is 17.0. The van der Waals surface area contributed by atoms with Gasteiger partial charge in [-0.15, -0.1) is 11.3 Å². The molecule has 3 aromatic rings. The second-order valence-corrected chi connectivity index (χ2v) is 8.24. The molecule has 0 radical (unpaired) electrons. The monoisotopic (exact) mass is 388 g/mol. The van der Waals surface area contributed by atoms with Crippen LogP contribution in [0.2, 0.25) is 0 Å². The molecule has 0 unspecified atom stereocenters. The highest BCUT2D eigenvalue weighted by Crippen LogP contribution is 2.31. The van der Waals surface area contributed by atoms with Gasteiger partial charge < -0.3 is 4.74 Å².